The lowest BCUT2D eigenvalue weighted by Crippen LogP contribution is -2.38. The highest BCUT2D eigenvalue weighted by Crippen LogP contribution is 2.17. The second-order valence-electron chi connectivity index (χ2n) is 5.80. The quantitative estimate of drug-likeness (QED) is 0.245. The predicted molar refractivity (Wildman–Crippen MR) is 118 cm³/mol. The van der Waals surface area contributed by atoms with Gasteiger partial charge in [0.05, 0.1) is 12.2 Å². The molecule has 2 rings (SSSR count). The Hall–Kier alpha value is -1.68. The highest BCUT2D eigenvalue weighted by molar-refractivity contribution is 14.0. The van der Waals surface area contributed by atoms with E-state index in [-0.39, 0.29) is 29.8 Å². The number of aliphatic imine (C=N–C) groups is 1. The van der Waals surface area contributed by atoms with Crippen molar-refractivity contribution in [1.29, 1.82) is 0 Å². The maximum absolute atomic E-state index is 14.4. The number of benzene rings is 1. The number of aromatic nitrogens is 2. The highest BCUT2D eigenvalue weighted by atomic mass is 127. The maximum atomic E-state index is 14.4. The van der Waals surface area contributed by atoms with Crippen LogP contribution < -0.4 is 10.6 Å². The summed E-state index contributed by atoms with van der Waals surface area (Å²) in [6, 6.07) is 5.17. The molecule has 0 radical (unpaired) electrons. The molecule has 0 unspecified atom stereocenters. The van der Waals surface area contributed by atoms with Gasteiger partial charge in [0.2, 0.25) is 0 Å². The molecule has 0 aliphatic rings. The number of hydrogen-bond donors (Lipinski definition) is 2. The van der Waals surface area contributed by atoms with Crippen molar-refractivity contribution in [3.05, 3.63) is 47.8 Å². The van der Waals surface area contributed by atoms with Gasteiger partial charge in [-0.25, -0.2) is 14.4 Å². The Morgan fingerprint density at radius 3 is 2.74 bits per heavy atom. The van der Waals surface area contributed by atoms with Gasteiger partial charge in [-0.1, -0.05) is 6.07 Å². The van der Waals surface area contributed by atoms with E-state index in [1.807, 2.05) is 26.8 Å². The second-order valence-corrected chi connectivity index (χ2v) is 5.80. The van der Waals surface area contributed by atoms with E-state index in [0.717, 1.165) is 50.1 Å². The molecular weight excluding hydrogens is 460 g/mol. The number of halogens is 2. The lowest BCUT2D eigenvalue weighted by molar-refractivity contribution is 0.145. The molecular formula is C19H29FIN5O. The molecule has 150 valence electrons. The van der Waals surface area contributed by atoms with Crippen LogP contribution in [0, 0.1) is 12.7 Å². The van der Waals surface area contributed by atoms with Gasteiger partial charge >= 0.3 is 0 Å². The molecule has 0 saturated carbocycles. The zero-order valence-electron chi connectivity index (χ0n) is 16.2. The van der Waals surface area contributed by atoms with E-state index in [0.29, 0.717) is 12.2 Å². The number of ether oxygens (including phenoxy) is 1. The average molecular weight is 489 g/mol. The van der Waals surface area contributed by atoms with Crippen LogP contribution in [0.5, 0.6) is 0 Å². The first kappa shape index (κ1) is 23.4. The number of hydrogen-bond acceptors (Lipinski definition) is 3. The van der Waals surface area contributed by atoms with Gasteiger partial charge in [-0.15, -0.1) is 24.0 Å². The zero-order chi connectivity index (χ0) is 18.8. The summed E-state index contributed by atoms with van der Waals surface area (Å²) in [5, 5.41) is 6.45. The van der Waals surface area contributed by atoms with Crippen LogP contribution >= 0.6 is 24.0 Å². The second kappa shape index (κ2) is 12.7. The van der Waals surface area contributed by atoms with E-state index in [9.17, 15) is 4.39 Å². The monoisotopic (exact) mass is 489 g/mol. The maximum Gasteiger partial charge on any atom is 0.191 e. The summed E-state index contributed by atoms with van der Waals surface area (Å²) in [5.74, 6) is 1.19. The van der Waals surface area contributed by atoms with E-state index in [1.165, 1.54) is 6.07 Å². The van der Waals surface area contributed by atoms with Crippen LogP contribution in [0.1, 0.15) is 31.7 Å². The molecule has 0 amide bonds. The summed E-state index contributed by atoms with van der Waals surface area (Å²) in [7, 11) is 0. The fraction of sp³-hybridized carbons (Fsp3) is 0.474. The summed E-state index contributed by atoms with van der Waals surface area (Å²) < 4.78 is 21.5. The first-order chi connectivity index (χ1) is 12.7. The number of nitrogens with one attached hydrogen (secondary N) is 2. The Bertz CT molecular complexity index is 720. The van der Waals surface area contributed by atoms with Crippen molar-refractivity contribution in [3.8, 4) is 5.69 Å². The molecule has 2 N–H and O–H groups in total. The minimum Gasteiger partial charge on any atom is -0.382 e. The number of rotatable bonds is 9. The van der Waals surface area contributed by atoms with Crippen molar-refractivity contribution in [2.45, 2.75) is 33.7 Å². The lowest BCUT2D eigenvalue weighted by Gasteiger charge is -2.12. The van der Waals surface area contributed by atoms with Crippen LogP contribution in [0.25, 0.3) is 5.69 Å². The van der Waals surface area contributed by atoms with Crippen molar-refractivity contribution in [2.24, 2.45) is 4.99 Å². The molecule has 0 bridgehead atoms. The van der Waals surface area contributed by atoms with Crippen molar-refractivity contribution < 1.29 is 9.13 Å². The Morgan fingerprint density at radius 2 is 2.11 bits per heavy atom. The molecule has 1 aromatic heterocycles. The van der Waals surface area contributed by atoms with Gasteiger partial charge in [-0.3, -0.25) is 0 Å². The average Bonchev–Trinajstić information content (AvgIpc) is 3.05. The summed E-state index contributed by atoms with van der Waals surface area (Å²) in [6.45, 7) is 9.25. The molecule has 0 atom stereocenters. The zero-order valence-corrected chi connectivity index (χ0v) is 18.5. The molecule has 1 heterocycles. The van der Waals surface area contributed by atoms with Crippen molar-refractivity contribution in [2.75, 3.05) is 26.3 Å². The van der Waals surface area contributed by atoms with Crippen LogP contribution in [0.4, 0.5) is 4.39 Å². The third-order valence-corrected chi connectivity index (χ3v) is 3.82. The first-order valence-corrected chi connectivity index (χ1v) is 9.04. The summed E-state index contributed by atoms with van der Waals surface area (Å²) in [6.07, 6.45) is 4.32. The minimum absolute atomic E-state index is 0. The Labute approximate surface area is 177 Å². The van der Waals surface area contributed by atoms with Gasteiger partial charge in [0.25, 0.3) is 0 Å². The Kier molecular flexibility index (Phi) is 11.0. The van der Waals surface area contributed by atoms with E-state index >= 15 is 0 Å². The molecule has 1 aromatic carbocycles. The topological polar surface area (TPSA) is 63.5 Å². The van der Waals surface area contributed by atoms with Crippen LogP contribution in [0.2, 0.25) is 0 Å². The van der Waals surface area contributed by atoms with Crippen molar-refractivity contribution in [1.82, 2.24) is 20.2 Å². The standard InChI is InChI=1S/C19H28FN5O.HI/c1-4-21-19(23-9-6-12-26-5-2)24-14-16-7-8-18(17(20)13-16)25-11-10-22-15(25)3;/h7-8,10-11,13H,4-6,9,12,14H2,1-3H3,(H2,21,23,24);1H. The molecule has 0 saturated heterocycles. The SMILES string of the molecule is CCNC(=NCc1ccc(-n2ccnc2C)c(F)c1)NCCCOCC.I. The fourth-order valence-electron chi connectivity index (χ4n) is 2.51. The van der Waals surface area contributed by atoms with Gasteiger partial charge in [-0.05, 0) is 44.9 Å². The highest BCUT2D eigenvalue weighted by Gasteiger charge is 2.08. The first-order valence-electron chi connectivity index (χ1n) is 9.04. The number of imidazole rings is 1. The van der Waals surface area contributed by atoms with Gasteiger partial charge in [-0.2, -0.15) is 0 Å². The summed E-state index contributed by atoms with van der Waals surface area (Å²) in [5.41, 5.74) is 1.31. The van der Waals surface area contributed by atoms with Crippen molar-refractivity contribution in [3.63, 3.8) is 0 Å². The fourth-order valence-corrected chi connectivity index (χ4v) is 2.51. The largest absolute Gasteiger partial charge is 0.382 e. The molecule has 0 aliphatic carbocycles. The van der Waals surface area contributed by atoms with E-state index in [2.05, 4.69) is 20.6 Å². The van der Waals surface area contributed by atoms with Gasteiger partial charge in [0, 0.05) is 38.7 Å². The van der Waals surface area contributed by atoms with Gasteiger partial charge in [0.1, 0.15) is 11.6 Å². The molecule has 6 nitrogen and oxygen atoms in total. The minimum atomic E-state index is -0.284. The third-order valence-electron chi connectivity index (χ3n) is 3.82. The number of guanidine groups is 1. The van der Waals surface area contributed by atoms with E-state index < -0.39 is 0 Å². The number of nitrogens with zero attached hydrogens (tertiary/aromatic N) is 3. The summed E-state index contributed by atoms with van der Waals surface area (Å²) in [4.78, 5) is 8.65. The number of aryl methyl sites for hydroxylation is 1. The van der Waals surface area contributed by atoms with E-state index in [1.54, 1.807) is 23.0 Å². The lowest BCUT2D eigenvalue weighted by atomic mass is 10.2. The Morgan fingerprint density at radius 1 is 1.30 bits per heavy atom. The van der Waals surface area contributed by atoms with Crippen LogP contribution in [0.15, 0.2) is 35.6 Å². The normalized spacial score (nSPS) is 11.2. The molecule has 8 heteroatoms. The summed E-state index contributed by atoms with van der Waals surface area (Å²) >= 11 is 0. The molecule has 0 spiro atoms. The molecule has 0 fully saturated rings. The molecule has 27 heavy (non-hydrogen) atoms. The van der Waals surface area contributed by atoms with Crippen LogP contribution in [-0.2, 0) is 11.3 Å². The van der Waals surface area contributed by atoms with E-state index in [4.69, 9.17) is 4.74 Å². The molecule has 2 aromatic rings. The predicted octanol–water partition coefficient (Wildman–Crippen LogP) is 3.42. The van der Waals surface area contributed by atoms with Crippen molar-refractivity contribution >= 4 is 29.9 Å². The van der Waals surface area contributed by atoms with Crippen LogP contribution in [-0.4, -0.2) is 41.8 Å². The molecule has 0 aliphatic heterocycles. The third kappa shape index (κ3) is 7.45. The smallest absolute Gasteiger partial charge is 0.191 e. The van der Waals surface area contributed by atoms with Gasteiger partial charge < -0.3 is 19.9 Å². The van der Waals surface area contributed by atoms with Crippen LogP contribution in [0.3, 0.4) is 0 Å². The van der Waals surface area contributed by atoms with Gasteiger partial charge in [0.15, 0.2) is 5.96 Å². The Balaban J connectivity index is 0.00000364.